The van der Waals surface area contributed by atoms with Gasteiger partial charge in [0, 0.05) is 19.1 Å². The van der Waals surface area contributed by atoms with Crippen LogP contribution in [0.15, 0.2) is 16.5 Å². The van der Waals surface area contributed by atoms with Gasteiger partial charge in [-0.2, -0.15) is 0 Å². The van der Waals surface area contributed by atoms with E-state index in [0.29, 0.717) is 19.1 Å². The number of amides is 1. The molecule has 0 radical (unpaired) electrons. The fraction of sp³-hybridized carbons (Fsp3) is 0.571. The van der Waals surface area contributed by atoms with Gasteiger partial charge in [0.2, 0.25) is 5.76 Å². The van der Waals surface area contributed by atoms with Crippen molar-refractivity contribution in [3.05, 3.63) is 23.7 Å². The predicted molar refractivity (Wildman–Crippen MR) is 70.7 cm³/mol. The van der Waals surface area contributed by atoms with E-state index in [9.17, 15) is 9.59 Å². The number of carbonyl (C=O) groups excluding carboxylic acids is 1. The van der Waals surface area contributed by atoms with Crippen LogP contribution in [0.4, 0.5) is 0 Å². The molecule has 110 valence electrons. The first-order valence-electron chi connectivity index (χ1n) is 6.72. The normalized spacial score (nSPS) is 22.1. The van der Waals surface area contributed by atoms with Gasteiger partial charge in [-0.3, -0.25) is 4.79 Å². The monoisotopic (exact) mass is 281 g/mol. The summed E-state index contributed by atoms with van der Waals surface area (Å²) in [5.41, 5.74) is 0. The molecule has 0 bridgehead atoms. The minimum Gasteiger partial charge on any atom is -0.475 e. The summed E-state index contributed by atoms with van der Waals surface area (Å²) in [5, 5.41) is 11.5. The molecule has 1 amide bonds. The third-order valence-electron chi connectivity index (χ3n) is 3.49. The zero-order valence-electron chi connectivity index (χ0n) is 11.6. The van der Waals surface area contributed by atoms with Crippen molar-refractivity contribution in [1.29, 1.82) is 0 Å². The van der Waals surface area contributed by atoms with Crippen LogP contribution in [0.25, 0.3) is 0 Å². The van der Waals surface area contributed by atoms with Crippen molar-refractivity contribution in [1.82, 2.24) is 5.32 Å². The van der Waals surface area contributed by atoms with E-state index in [1.165, 1.54) is 12.1 Å². The minimum absolute atomic E-state index is 0.0161. The molecular weight excluding hydrogens is 262 g/mol. The molecular formula is C14H19NO5. The Morgan fingerprint density at radius 3 is 2.70 bits per heavy atom. The van der Waals surface area contributed by atoms with E-state index in [1.54, 1.807) is 0 Å². The van der Waals surface area contributed by atoms with Gasteiger partial charge in [0.15, 0.2) is 5.76 Å². The van der Waals surface area contributed by atoms with Crippen LogP contribution >= 0.6 is 0 Å². The SMILES string of the molecule is CC(C)C1OCCC1CNC(=O)c1ccc(C(=O)O)o1. The molecule has 2 N–H and O–H groups in total. The maximum absolute atomic E-state index is 11.9. The molecule has 1 fully saturated rings. The molecule has 6 nitrogen and oxygen atoms in total. The van der Waals surface area contributed by atoms with Gasteiger partial charge in [0.25, 0.3) is 5.91 Å². The number of carboxylic acid groups (broad SMARTS) is 1. The number of hydrogen-bond donors (Lipinski definition) is 2. The van der Waals surface area contributed by atoms with Crippen molar-refractivity contribution in [3.63, 3.8) is 0 Å². The number of carbonyl (C=O) groups is 2. The Kier molecular flexibility index (Phi) is 4.44. The van der Waals surface area contributed by atoms with Gasteiger partial charge in [-0.1, -0.05) is 13.8 Å². The molecule has 0 saturated carbocycles. The fourth-order valence-electron chi connectivity index (χ4n) is 2.50. The van der Waals surface area contributed by atoms with Crippen LogP contribution in [0.5, 0.6) is 0 Å². The van der Waals surface area contributed by atoms with Crippen molar-refractivity contribution in [3.8, 4) is 0 Å². The summed E-state index contributed by atoms with van der Waals surface area (Å²) in [6.07, 6.45) is 1.07. The highest BCUT2D eigenvalue weighted by atomic mass is 16.5. The molecule has 1 aromatic heterocycles. The van der Waals surface area contributed by atoms with Gasteiger partial charge in [-0.05, 0) is 24.5 Å². The molecule has 1 saturated heterocycles. The maximum Gasteiger partial charge on any atom is 0.371 e. The molecule has 2 heterocycles. The van der Waals surface area contributed by atoms with E-state index in [-0.39, 0.29) is 23.5 Å². The molecule has 2 unspecified atom stereocenters. The lowest BCUT2D eigenvalue weighted by Crippen LogP contribution is -2.34. The number of ether oxygens (including phenoxy) is 1. The van der Waals surface area contributed by atoms with Crippen LogP contribution in [-0.2, 0) is 4.74 Å². The van der Waals surface area contributed by atoms with Gasteiger partial charge in [-0.15, -0.1) is 0 Å². The highest BCUT2D eigenvalue weighted by Gasteiger charge is 2.31. The second-order valence-electron chi connectivity index (χ2n) is 5.31. The van der Waals surface area contributed by atoms with Gasteiger partial charge in [-0.25, -0.2) is 4.79 Å². The molecule has 0 aliphatic carbocycles. The number of rotatable bonds is 5. The summed E-state index contributed by atoms with van der Waals surface area (Å²) >= 11 is 0. The average Bonchev–Trinajstić information content (AvgIpc) is 3.04. The van der Waals surface area contributed by atoms with Gasteiger partial charge >= 0.3 is 5.97 Å². The van der Waals surface area contributed by atoms with E-state index in [0.717, 1.165) is 6.42 Å². The van der Waals surface area contributed by atoms with Crippen molar-refractivity contribution >= 4 is 11.9 Å². The molecule has 6 heteroatoms. The molecule has 20 heavy (non-hydrogen) atoms. The third-order valence-corrected chi connectivity index (χ3v) is 3.49. The lowest BCUT2D eigenvalue weighted by atomic mass is 9.93. The van der Waals surface area contributed by atoms with Crippen LogP contribution < -0.4 is 5.32 Å². The summed E-state index contributed by atoms with van der Waals surface area (Å²) in [6.45, 7) is 5.41. The van der Waals surface area contributed by atoms with Gasteiger partial charge in [0.05, 0.1) is 6.10 Å². The Bertz CT molecular complexity index is 494. The number of nitrogens with one attached hydrogen (secondary N) is 1. The number of hydrogen-bond acceptors (Lipinski definition) is 4. The van der Waals surface area contributed by atoms with E-state index in [4.69, 9.17) is 14.3 Å². The second kappa shape index (κ2) is 6.09. The molecule has 0 spiro atoms. The lowest BCUT2D eigenvalue weighted by Gasteiger charge is -2.21. The first-order valence-corrected chi connectivity index (χ1v) is 6.72. The predicted octanol–water partition coefficient (Wildman–Crippen LogP) is 1.77. The Hall–Kier alpha value is -1.82. The van der Waals surface area contributed by atoms with Crippen LogP contribution in [0.2, 0.25) is 0 Å². The minimum atomic E-state index is -1.19. The van der Waals surface area contributed by atoms with Crippen LogP contribution in [0, 0.1) is 11.8 Å². The van der Waals surface area contributed by atoms with Crippen LogP contribution in [0.3, 0.4) is 0 Å². The Balaban J connectivity index is 1.90. The molecule has 1 aliphatic heterocycles. The highest BCUT2D eigenvalue weighted by Crippen LogP contribution is 2.26. The number of aromatic carboxylic acids is 1. The van der Waals surface area contributed by atoms with Crippen molar-refractivity contribution in [2.75, 3.05) is 13.2 Å². The standard InChI is InChI=1S/C14H19NO5/c1-8(2)12-9(5-6-19-12)7-15-13(16)10-3-4-11(20-10)14(17)18/h3-4,8-9,12H,5-7H2,1-2H3,(H,15,16)(H,17,18). The summed E-state index contributed by atoms with van der Waals surface area (Å²) in [6, 6.07) is 2.64. The van der Waals surface area contributed by atoms with Crippen molar-refractivity contribution in [2.24, 2.45) is 11.8 Å². The smallest absolute Gasteiger partial charge is 0.371 e. The zero-order chi connectivity index (χ0) is 14.7. The topological polar surface area (TPSA) is 88.8 Å². The Morgan fingerprint density at radius 1 is 1.40 bits per heavy atom. The van der Waals surface area contributed by atoms with E-state index >= 15 is 0 Å². The fourth-order valence-corrected chi connectivity index (χ4v) is 2.50. The largest absolute Gasteiger partial charge is 0.475 e. The quantitative estimate of drug-likeness (QED) is 0.858. The highest BCUT2D eigenvalue weighted by molar-refractivity contribution is 5.93. The number of carboxylic acids is 1. The van der Waals surface area contributed by atoms with Crippen molar-refractivity contribution in [2.45, 2.75) is 26.4 Å². The van der Waals surface area contributed by atoms with E-state index in [2.05, 4.69) is 19.2 Å². The summed E-state index contributed by atoms with van der Waals surface area (Å²) < 4.78 is 10.6. The molecule has 2 rings (SSSR count). The first kappa shape index (κ1) is 14.6. The number of furan rings is 1. The molecule has 2 atom stereocenters. The van der Waals surface area contributed by atoms with Gasteiger partial charge < -0.3 is 19.6 Å². The first-order chi connectivity index (χ1) is 9.49. The van der Waals surface area contributed by atoms with Crippen LogP contribution in [0.1, 0.15) is 41.4 Å². The zero-order valence-corrected chi connectivity index (χ0v) is 11.6. The molecule has 1 aromatic rings. The average molecular weight is 281 g/mol. The molecule has 1 aliphatic rings. The van der Waals surface area contributed by atoms with E-state index in [1.807, 2.05) is 0 Å². The summed E-state index contributed by atoms with van der Waals surface area (Å²) in [4.78, 5) is 22.6. The van der Waals surface area contributed by atoms with Crippen molar-refractivity contribution < 1.29 is 23.8 Å². The summed E-state index contributed by atoms with van der Waals surface area (Å²) in [5.74, 6) is -1.11. The van der Waals surface area contributed by atoms with E-state index < -0.39 is 11.9 Å². The second-order valence-corrected chi connectivity index (χ2v) is 5.31. The summed E-state index contributed by atoms with van der Waals surface area (Å²) in [7, 11) is 0. The Morgan fingerprint density at radius 2 is 2.10 bits per heavy atom. The maximum atomic E-state index is 11.9. The Labute approximate surface area is 117 Å². The third kappa shape index (κ3) is 3.19. The molecule has 0 aromatic carbocycles. The lowest BCUT2D eigenvalue weighted by molar-refractivity contribution is 0.0531. The van der Waals surface area contributed by atoms with Crippen LogP contribution in [-0.4, -0.2) is 36.2 Å². The van der Waals surface area contributed by atoms with Gasteiger partial charge in [0.1, 0.15) is 0 Å².